The van der Waals surface area contributed by atoms with Gasteiger partial charge in [0, 0.05) is 11.8 Å². The van der Waals surface area contributed by atoms with Crippen molar-refractivity contribution in [2.75, 3.05) is 0 Å². The lowest BCUT2D eigenvalue weighted by atomic mass is 10.2. The van der Waals surface area contributed by atoms with Gasteiger partial charge < -0.3 is 5.11 Å². The average molecular weight is 216 g/mol. The largest absolute Gasteiger partial charge is 0.508 e. The van der Waals surface area contributed by atoms with Gasteiger partial charge in [-0.05, 0) is 24.6 Å². The maximum atomic E-state index is 10.7. The number of hydrogen-bond donors (Lipinski definition) is 1. The van der Waals surface area contributed by atoms with Crippen LogP contribution in [0.1, 0.15) is 23.1 Å². The summed E-state index contributed by atoms with van der Waals surface area (Å²) in [4.78, 5) is 10.7. The molecule has 1 aromatic heterocycles. The van der Waals surface area contributed by atoms with Crippen molar-refractivity contribution in [1.82, 2.24) is 9.78 Å². The van der Waals surface area contributed by atoms with Gasteiger partial charge in [-0.3, -0.25) is 4.79 Å². The smallest absolute Gasteiger partial charge is 0.170 e. The van der Waals surface area contributed by atoms with E-state index in [-0.39, 0.29) is 5.75 Å². The third-order valence-electron chi connectivity index (χ3n) is 2.36. The summed E-state index contributed by atoms with van der Waals surface area (Å²) in [6.07, 6.45) is 1.49. The Labute approximate surface area is 93.1 Å². The van der Waals surface area contributed by atoms with Crippen LogP contribution in [-0.4, -0.2) is 21.2 Å². The lowest BCUT2D eigenvalue weighted by molar-refractivity contribution is 0.111. The van der Waals surface area contributed by atoms with E-state index in [0.29, 0.717) is 5.69 Å². The summed E-state index contributed by atoms with van der Waals surface area (Å²) in [6, 6.07) is 8.53. The van der Waals surface area contributed by atoms with Gasteiger partial charge in [0.15, 0.2) is 6.29 Å². The second kappa shape index (κ2) is 4.18. The molecule has 0 saturated heterocycles. The van der Waals surface area contributed by atoms with Gasteiger partial charge >= 0.3 is 0 Å². The number of nitrogens with zero attached hydrogens (tertiary/aromatic N) is 2. The highest BCUT2D eigenvalue weighted by Crippen LogP contribution is 2.17. The fourth-order valence-corrected chi connectivity index (χ4v) is 1.60. The first-order chi connectivity index (χ1) is 7.74. The molecule has 0 aliphatic rings. The zero-order valence-electron chi connectivity index (χ0n) is 8.92. The molecule has 1 N–H and O–H groups in total. The van der Waals surface area contributed by atoms with Gasteiger partial charge in [0.25, 0.3) is 0 Å². The fourth-order valence-electron chi connectivity index (χ4n) is 1.60. The van der Waals surface area contributed by atoms with E-state index in [2.05, 4.69) is 5.10 Å². The molecule has 0 radical (unpaired) electrons. The molecule has 0 bridgehead atoms. The summed E-state index contributed by atoms with van der Waals surface area (Å²) in [5, 5.41) is 13.5. The number of aldehydes is 1. The number of aromatic nitrogens is 2. The molecule has 0 spiro atoms. The Hall–Kier alpha value is -2.10. The van der Waals surface area contributed by atoms with Gasteiger partial charge in [-0.25, -0.2) is 4.68 Å². The van der Waals surface area contributed by atoms with Crippen molar-refractivity contribution in [2.24, 2.45) is 0 Å². The number of rotatable bonds is 3. The van der Waals surface area contributed by atoms with E-state index in [9.17, 15) is 9.90 Å². The number of carbonyl (C=O) groups is 1. The van der Waals surface area contributed by atoms with Crippen LogP contribution in [0.3, 0.4) is 0 Å². The van der Waals surface area contributed by atoms with Crippen molar-refractivity contribution >= 4 is 6.29 Å². The van der Waals surface area contributed by atoms with Gasteiger partial charge in [-0.1, -0.05) is 13.0 Å². The zero-order valence-corrected chi connectivity index (χ0v) is 8.92. The van der Waals surface area contributed by atoms with E-state index < -0.39 is 0 Å². The van der Waals surface area contributed by atoms with Gasteiger partial charge in [0.2, 0.25) is 0 Å². The molecule has 1 aromatic carbocycles. The molecule has 0 unspecified atom stereocenters. The number of phenolic OH excluding ortho intramolecular Hbond substituents is 1. The number of phenols is 1. The predicted molar refractivity (Wildman–Crippen MR) is 60.0 cm³/mol. The van der Waals surface area contributed by atoms with E-state index in [1.54, 1.807) is 28.9 Å². The Kier molecular flexibility index (Phi) is 2.72. The Balaban J connectivity index is 2.54. The molecule has 0 atom stereocenters. The Morgan fingerprint density at radius 2 is 2.25 bits per heavy atom. The van der Waals surface area contributed by atoms with Crippen LogP contribution < -0.4 is 0 Å². The molecule has 0 saturated carbocycles. The molecule has 4 heteroatoms. The number of benzene rings is 1. The minimum Gasteiger partial charge on any atom is -0.508 e. The first-order valence-corrected chi connectivity index (χ1v) is 5.08. The van der Waals surface area contributed by atoms with Crippen LogP contribution in [0.15, 0.2) is 30.3 Å². The van der Waals surface area contributed by atoms with E-state index in [4.69, 9.17) is 0 Å². The van der Waals surface area contributed by atoms with Crippen molar-refractivity contribution in [2.45, 2.75) is 13.3 Å². The van der Waals surface area contributed by atoms with Crippen molar-refractivity contribution in [1.29, 1.82) is 0 Å². The second-order valence-corrected chi connectivity index (χ2v) is 3.46. The summed E-state index contributed by atoms with van der Waals surface area (Å²) >= 11 is 0. The normalized spacial score (nSPS) is 10.3. The minimum atomic E-state index is 0.183. The molecule has 1 heterocycles. The summed E-state index contributed by atoms with van der Waals surface area (Å²) in [7, 11) is 0. The molecule has 0 aliphatic carbocycles. The van der Waals surface area contributed by atoms with Crippen LogP contribution in [0.4, 0.5) is 0 Å². The fraction of sp³-hybridized carbons (Fsp3) is 0.167. The summed E-state index contributed by atoms with van der Waals surface area (Å²) in [5.41, 5.74) is 2.10. The Bertz CT molecular complexity index is 517. The molecule has 2 rings (SSSR count). The zero-order chi connectivity index (χ0) is 11.5. The maximum Gasteiger partial charge on any atom is 0.170 e. The highest BCUT2D eigenvalue weighted by atomic mass is 16.3. The molecular formula is C12H12N2O2. The lowest BCUT2D eigenvalue weighted by Crippen LogP contribution is -2.01. The van der Waals surface area contributed by atoms with Gasteiger partial charge in [0.05, 0.1) is 5.69 Å². The third kappa shape index (κ3) is 1.82. The molecule has 82 valence electrons. The van der Waals surface area contributed by atoms with Gasteiger partial charge in [0.1, 0.15) is 11.4 Å². The number of carbonyl (C=O) groups excluding carboxylic acids is 1. The van der Waals surface area contributed by atoms with Crippen LogP contribution in [0.2, 0.25) is 0 Å². The van der Waals surface area contributed by atoms with Crippen LogP contribution >= 0.6 is 0 Å². The number of aromatic hydroxyl groups is 1. The molecule has 0 amide bonds. The van der Waals surface area contributed by atoms with E-state index in [0.717, 1.165) is 24.1 Å². The quantitative estimate of drug-likeness (QED) is 0.798. The van der Waals surface area contributed by atoms with Crippen molar-refractivity contribution in [3.05, 3.63) is 41.7 Å². The van der Waals surface area contributed by atoms with Crippen LogP contribution in [0, 0.1) is 0 Å². The third-order valence-corrected chi connectivity index (χ3v) is 2.36. The molecule has 0 fully saturated rings. The van der Waals surface area contributed by atoms with E-state index in [1.807, 2.05) is 13.0 Å². The first-order valence-electron chi connectivity index (χ1n) is 5.08. The monoisotopic (exact) mass is 216 g/mol. The van der Waals surface area contributed by atoms with Crippen LogP contribution in [-0.2, 0) is 6.42 Å². The predicted octanol–water partition coefficient (Wildman–Crippen LogP) is 1.95. The lowest BCUT2D eigenvalue weighted by Gasteiger charge is -2.05. The molecular weight excluding hydrogens is 204 g/mol. The summed E-state index contributed by atoms with van der Waals surface area (Å²) < 4.78 is 1.67. The summed E-state index contributed by atoms with van der Waals surface area (Å²) in [6.45, 7) is 1.99. The molecule has 0 aliphatic heterocycles. The van der Waals surface area contributed by atoms with Crippen LogP contribution in [0.5, 0.6) is 5.75 Å². The SMILES string of the molecule is CCc1cc(C=O)nn1-c1cccc(O)c1. The molecule has 16 heavy (non-hydrogen) atoms. The standard InChI is InChI=1S/C12H12N2O2/c1-2-10-6-9(8-15)13-14(10)11-4-3-5-12(16)7-11/h3-8,16H,2H2,1H3. The summed E-state index contributed by atoms with van der Waals surface area (Å²) in [5.74, 6) is 0.183. The Morgan fingerprint density at radius 3 is 2.88 bits per heavy atom. The highest BCUT2D eigenvalue weighted by molar-refractivity contribution is 5.72. The minimum absolute atomic E-state index is 0.183. The highest BCUT2D eigenvalue weighted by Gasteiger charge is 2.07. The second-order valence-electron chi connectivity index (χ2n) is 3.46. The van der Waals surface area contributed by atoms with Crippen molar-refractivity contribution < 1.29 is 9.90 Å². The maximum absolute atomic E-state index is 10.7. The number of hydrogen-bond acceptors (Lipinski definition) is 3. The molecule has 4 nitrogen and oxygen atoms in total. The molecule has 2 aromatic rings. The first kappa shape index (κ1) is 10.4. The number of aryl methyl sites for hydroxylation is 1. The van der Waals surface area contributed by atoms with Crippen molar-refractivity contribution in [3.8, 4) is 11.4 Å². The van der Waals surface area contributed by atoms with E-state index >= 15 is 0 Å². The van der Waals surface area contributed by atoms with Gasteiger partial charge in [-0.2, -0.15) is 5.10 Å². The topological polar surface area (TPSA) is 55.1 Å². The van der Waals surface area contributed by atoms with E-state index in [1.165, 1.54) is 0 Å². The Morgan fingerprint density at radius 1 is 1.44 bits per heavy atom. The van der Waals surface area contributed by atoms with Crippen LogP contribution in [0.25, 0.3) is 5.69 Å². The van der Waals surface area contributed by atoms with Crippen molar-refractivity contribution in [3.63, 3.8) is 0 Å². The average Bonchev–Trinajstić information content (AvgIpc) is 2.72. The van der Waals surface area contributed by atoms with Gasteiger partial charge in [-0.15, -0.1) is 0 Å².